The minimum Gasteiger partial charge on any atom is -0.462 e. The third-order valence-electron chi connectivity index (χ3n) is 2.27. The first-order valence-corrected chi connectivity index (χ1v) is 5.18. The fraction of sp³-hybridized carbons (Fsp3) is 0.333. The molecule has 1 rings (SSSR count). The van der Waals surface area contributed by atoms with Gasteiger partial charge in [-0.25, -0.2) is 13.6 Å². The molecule has 0 amide bonds. The summed E-state index contributed by atoms with van der Waals surface area (Å²) in [6, 6.07) is 3.64. The summed E-state index contributed by atoms with van der Waals surface area (Å²) in [7, 11) is 0. The Hall–Kier alpha value is -2.00. The zero-order valence-corrected chi connectivity index (χ0v) is 9.61. The molecule has 1 aromatic carbocycles. The maximum atomic E-state index is 12.6. The van der Waals surface area contributed by atoms with E-state index in [-0.39, 0.29) is 23.3 Å². The number of ether oxygens (including phenoxy) is 1. The monoisotopic (exact) mass is 255 g/mol. The third-order valence-corrected chi connectivity index (χ3v) is 2.27. The van der Waals surface area contributed by atoms with Crippen molar-refractivity contribution in [3.8, 4) is 6.07 Å². The summed E-state index contributed by atoms with van der Waals surface area (Å²) in [6.07, 6.45) is -2.80. The number of aliphatic hydroxyl groups is 1. The lowest BCUT2D eigenvalue weighted by atomic mass is 9.98. The van der Waals surface area contributed by atoms with Crippen LogP contribution < -0.4 is 0 Å². The van der Waals surface area contributed by atoms with Gasteiger partial charge in [0, 0.05) is 5.56 Å². The number of hydrogen-bond donors (Lipinski definition) is 1. The van der Waals surface area contributed by atoms with Crippen LogP contribution >= 0.6 is 0 Å². The molecule has 96 valence electrons. The molecular formula is C12H11F2NO3. The van der Waals surface area contributed by atoms with Crippen molar-refractivity contribution in [2.24, 2.45) is 0 Å². The first kappa shape index (κ1) is 14.1. The highest BCUT2D eigenvalue weighted by Crippen LogP contribution is 2.25. The molecule has 0 unspecified atom stereocenters. The zero-order valence-electron chi connectivity index (χ0n) is 9.61. The van der Waals surface area contributed by atoms with E-state index in [1.807, 2.05) is 0 Å². The Kier molecular flexibility index (Phi) is 4.75. The highest BCUT2D eigenvalue weighted by Gasteiger charge is 2.20. The first-order chi connectivity index (χ1) is 8.54. The molecule has 0 saturated carbocycles. The van der Waals surface area contributed by atoms with Crippen LogP contribution in [0.2, 0.25) is 0 Å². The van der Waals surface area contributed by atoms with E-state index in [4.69, 9.17) is 10.4 Å². The molecule has 0 bridgehead atoms. The van der Waals surface area contributed by atoms with Gasteiger partial charge in [-0.05, 0) is 24.6 Å². The van der Waals surface area contributed by atoms with Crippen LogP contribution in [0, 0.1) is 11.3 Å². The molecule has 0 aliphatic heterocycles. The van der Waals surface area contributed by atoms with Crippen molar-refractivity contribution >= 4 is 5.97 Å². The summed E-state index contributed by atoms with van der Waals surface area (Å²) in [6.45, 7) is 1.03. The molecule has 6 heteroatoms. The minimum atomic E-state index is -2.80. The number of carbonyl (C=O) groups is 1. The van der Waals surface area contributed by atoms with Crippen LogP contribution in [0.25, 0.3) is 0 Å². The minimum absolute atomic E-state index is 0.0154. The van der Waals surface area contributed by atoms with Crippen LogP contribution in [-0.4, -0.2) is 17.7 Å². The topological polar surface area (TPSA) is 70.3 Å². The quantitative estimate of drug-likeness (QED) is 0.837. The van der Waals surface area contributed by atoms with Crippen LogP contribution in [-0.2, 0) is 11.3 Å². The Bertz CT molecular complexity index is 495. The van der Waals surface area contributed by atoms with Crippen molar-refractivity contribution in [2.45, 2.75) is 20.0 Å². The van der Waals surface area contributed by atoms with E-state index in [2.05, 4.69) is 4.74 Å². The summed E-state index contributed by atoms with van der Waals surface area (Å²) in [5.41, 5.74) is -0.832. The van der Waals surface area contributed by atoms with Crippen molar-refractivity contribution in [1.82, 2.24) is 0 Å². The van der Waals surface area contributed by atoms with E-state index >= 15 is 0 Å². The molecule has 0 radical (unpaired) electrons. The number of alkyl halides is 2. The Morgan fingerprint density at radius 3 is 2.67 bits per heavy atom. The number of rotatable bonds is 4. The standard InChI is InChI=1S/C12H11F2NO3/c1-2-18-12(17)9-4-7(11(13)14)3-8(6-16)10(9)5-15/h3-4,11,16H,2,6H2,1H3. The van der Waals surface area contributed by atoms with E-state index in [1.165, 1.54) is 0 Å². The van der Waals surface area contributed by atoms with Gasteiger partial charge >= 0.3 is 5.97 Å². The lowest BCUT2D eigenvalue weighted by Gasteiger charge is -2.10. The molecule has 18 heavy (non-hydrogen) atoms. The van der Waals surface area contributed by atoms with Crippen LogP contribution in [0.5, 0.6) is 0 Å². The average molecular weight is 255 g/mol. The number of nitrogens with zero attached hydrogens (tertiary/aromatic N) is 1. The van der Waals surface area contributed by atoms with Gasteiger partial charge in [0.2, 0.25) is 0 Å². The van der Waals surface area contributed by atoms with E-state index in [0.29, 0.717) is 0 Å². The van der Waals surface area contributed by atoms with Gasteiger partial charge in [0.1, 0.15) is 6.07 Å². The normalized spacial score (nSPS) is 10.2. The second-order valence-electron chi connectivity index (χ2n) is 3.39. The molecule has 1 N–H and O–H groups in total. The fourth-order valence-corrected chi connectivity index (χ4v) is 1.48. The lowest BCUT2D eigenvalue weighted by molar-refractivity contribution is 0.0525. The summed E-state index contributed by atoms with van der Waals surface area (Å²) < 4.78 is 30.0. The molecule has 0 saturated heterocycles. The molecule has 0 fully saturated rings. The van der Waals surface area contributed by atoms with Gasteiger partial charge < -0.3 is 9.84 Å². The molecule has 0 heterocycles. The number of aliphatic hydroxyl groups excluding tert-OH is 1. The second-order valence-corrected chi connectivity index (χ2v) is 3.39. The Balaban J connectivity index is 3.41. The predicted octanol–water partition coefficient (Wildman–Crippen LogP) is 2.16. The second kappa shape index (κ2) is 6.07. The van der Waals surface area contributed by atoms with Crippen LogP contribution in [0.3, 0.4) is 0 Å². The van der Waals surface area contributed by atoms with E-state index in [1.54, 1.807) is 13.0 Å². The fourth-order valence-electron chi connectivity index (χ4n) is 1.48. The molecule has 0 spiro atoms. The van der Waals surface area contributed by atoms with Crippen LogP contribution in [0.4, 0.5) is 8.78 Å². The number of esters is 1. The van der Waals surface area contributed by atoms with Gasteiger partial charge in [0.15, 0.2) is 0 Å². The van der Waals surface area contributed by atoms with Gasteiger partial charge in [-0.3, -0.25) is 0 Å². The third kappa shape index (κ3) is 2.81. The van der Waals surface area contributed by atoms with Gasteiger partial charge in [-0.2, -0.15) is 5.26 Å². The molecule has 0 aliphatic carbocycles. The van der Waals surface area contributed by atoms with Gasteiger partial charge in [0.25, 0.3) is 6.43 Å². The van der Waals surface area contributed by atoms with Gasteiger partial charge in [0.05, 0.1) is 24.3 Å². The summed E-state index contributed by atoms with van der Waals surface area (Å²) in [5.74, 6) is -0.855. The van der Waals surface area contributed by atoms with E-state index in [0.717, 1.165) is 12.1 Å². The highest BCUT2D eigenvalue weighted by molar-refractivity contribution is 5.93. The maximum absolute atomic E-state index is 12.6. The summed E-state index contributed by atoms with van der Waals surface area (Å²) >= 11 is 0. The highest BCUT2D eigenvalue weighted by atomic mass is 19.3. The average Bonchev–Trinajstić information content (AvgIpc) is 2.37. The van der Waals surface area contributed by atoms with Crippen molar-refractivity contribution in [1.29, 1.82) is 5.26 Å². The van der Waals surface area contributed by atoms with Crippen LogP contribution in [0.1, 0.15) is 40.4 Å². The molecule has 0 aliphatic rings. The smallest absolute Gasteiger partial charge is 0.339 e. The number of benzene rings is 1. The van der Waals surface area contributed by atoms with E-state index < -0.39 is 24.6 Å². The largest absolute Gasteiger partial charge is 0.462 e. The van der Waals surface area contributed by atoms with E-state index in [9.17, 15) is 13.6 Å². The lowest BCUT2D eigenvalue weighted by Crippen LogP contribution is -2.10. The van der Waals surface area contributed by atoms with Crippen LogP contribution in [0.15, 0.2) is 12.1 Å². The van der Waals surface area contributed by atoms with Crippen molar-refractivity contribution in [3.63, 3.8) is 0 Å². The molecule has 0 atom stereocenters. The first-order valence-electron chi connectivity index (χ1n) is 5.18. The SMILES string of the molecule is CCOC(=O)c1cc(C(F)F)cc(CO)c1C#N. The summed E-state index contributed by atoms with van der Waals surface area (Å²) in [5, 5.41) is 18.0. The zero-order chi connectivity index (χ0) is 13.7. The summed E-state index contributed by atoms with van der Waals surface area (Å²) in [4.78, 5) is 11.6. The van der Waals surface area contributed by atoms with Gasteiger partial charge in [-0.15, -0.1) is 0 Å². The number of halogens is 2. The molecule has 0 aromatic heterocycles. The molecule has 4 nitrogen and oxygen atoms in total. The van der Waals surface area contributed by atoms with Crippen molar-refractivity contribution in [3.05, 3.63) is 34.4 Å². The Labute approximate surface area is 102 Å². The predicted molar refractivity (Wildman–Crippen MR) is 58.0 cm³/mol. The van der Waals surface area contributed by atoms with Gasteiger partial charge in [-0.1, -0.05) is 0 Å². The molecular weight excluding hydrogens is 244 g/mol. The number of nitriles is 1. The molecule has 1 aromatic rings. The van der Waals surface area contributed by atoms with Crippen molar-refractivity contribution in [2.75, 3.05) is 6.61 Å². The Morgan fingerprint density at radius 1 is 1.56 bits per heavy atom. The Morgan fingerprint density at radius 2 is 2.22 bits per heavy atom. The van der Waals surface area contributed by atoms with Crippen molar-refractivity contribution < 1.29 is 23.4 Å². The number of carbonyl (C=O) groups excluding carboxylic acids is 1. The maximum Gasteiger partial charge on any atom is 0.339 e. The number of hydrogen-bond acceptors (Lipinski definition) is 4.